The maximum Gasteiger partial charge on any atom is 0.162 e. The van der Waals surface area contributed by atoms with Crippen LogP contribution in [0.5, 0.6) is 11.5 Å². The smallest absolute Gasteiger partial charge is 0.162 e. The van der Waals surface area contributed by atoms with Crippen LogP contribution in [0.25, 0.3) is 0 Å². The summed E-state index contributed by atoms with van der Waals surface area (Å²) in [7, 11) is 0. The van der Waals surface area contributed by atoms with Crippen LogP contribution in [-0.2, 0) is 11.3 Å². The molecule has 1 aliphatic rings. The molecule has 1 aliphatic heterocycles. The largest absolute Gasteiger partial charge is 0.486 e. The standard InChI is InChI=1S/C15H23NO3S/c1-11(2)17-5-4-16-10-12-8-13-14(9-15(12)20-3)19-7-6-18-13/h8-9,11,16H,4-7,10H2,1-3H3. The van der Waals surface area contributed by atoms with Gasteiger partial charge in [0.15, 0.2) is 11.5 Å². The highest BCUT2D eigenvalue weighted by atomic mass is 32.2. The zero-order valence-electron chi connectivity index (χ0n) is 12.4. The minimum atomic E-state index is 0.285. The third kappa shape index (κ3) is 4.30. The van der Waals surface area contributed by atoms with Gasteiger partial charge in [-0.05, 0) is 37.8 Å². The van der Waals surface area contributed by atoms with Crippen LogP contribution in [0.1, 0.15) is 19.4 Å². The molecule has 0 atom stereocenters. The van der Waals surface area contributed by atoms with Crippen molar-refractivity contribution in [3.63, 3.8) is 0 Å². The van der Waals surface area contributed by atoms with Gasteiger partial charge in [0, 0.05) is 18.0 Å². The average molecular weight is 297 g/mol. The fraction of sp³-hybridized carbons (Fsp3) is 0.600. The summed E-state index contributed by atoms with van der Waals surface area (Å²) in [4.78, 5) is 1.23. The predicted molar refractivity (Wildman–Crippen MR) is 82.0 cm³/mol. The van der Waals surface area contributed by atoms with Crippen molar-refractivity contribution in [1.82, 2.24) is 5.32 Å². The monoisotopic (exact) mass is 297 g/mol. The highest BCUT2D eigenvalue weighted by Crippen LogP contribution is 2.36. The third-order valence-corrected chi connectivity index (χ3v) is 3.81. The van der Waals surface area contributed by atoms with E-state index in [4.69, 9.17) is 14.2 Å². The normalized spacial score (nSPS) is 13.8. The van der Waals surface area contributed by atoms with Crippen molar-refractivity contribution in [3.8, 4) is 11.5 Å². The quantitative estimate of drug-likeness (QED) is 0.619. The molecule has 1 aromatic rings. The van der Waals surface area contributed by atoms with E-state index in [1.54, 1.807) is 11.8 Å². The second-order valence-electron chi connectivity index (χ2n) is 4.90. The topological polar surface area (TPSA) is 39.7 Å². The Labute approximate surface area is 125 Å². The first-order chi connectivity index (χ1) is 9.70. The Morgan fingerprint density at radius 2 is 1.95 bits per heavy atom. The highest BCUT2D eigenvalue weighted by molar-refractivity contribution is 7.98. The summed E-state index contributed by atoms with van der Waals surface area (Å²) >= 11 is 1.73. The summed E-state index contributed by atoms with van der Waals surface area (Å²) in [6.07, 6.45) is 2.37. The summed E-state index contributed by atoms with van der Waals surface area (Å²) in [5, 5.41) is 3.40. The molecule has 0 fully saturated rings. The minimum absolute atomic E-state index is 0.285. The van der Waals surface area contributed by atoms with Crippen LogP contribution in [0.3, 0.4) is 0 Å². The molecule has 1 N–H and O–H groups in total. The summed E-state index contributed by atoms with van der Waals surface area (Å²) < 4.78 is 16.8. The van der Waals surface area contributed by atoms with Gasteiger partial charge >= 0.3 is 0 Å². The van der Waals surface area contributed by atoms with Crippen molar-refractivity contribution >= 4 is 11.8 Å². The Bertz CT molecular complexity index is 437. The second kappa shape index (κ2) is 7.76. The Morgan fingerprint density at radius 3 is 2.60 bits per heavy atom. The van der Waals surface area contributed by atoms with E-state index in [-0.39, 0.29) is 6.10 Å². The van der Waals surface area contributed by atoms with Gasteiger partial charge in [-0.3, -0.25) is 0 Å². The molecule has 2 rings (SSSR count). The van der Waals surface area contributed by atoms with Gasteiger partial charge in [-0.2, -0.15) is 0 Å². The van der Waals surface area contributed by atoms with Gasteiger partial charge in [-0.15, -0.1) is 11.8 Å². The Balaban J connectivity index is 1.92. The van der Waals surface area contributed by atoms with Gasteiger partial charge in [-0.1, -0.05) is 0 Å². The van der Waals surface area contributed by atoms with E-state index in [1.165, 1.54) is 10.5 Å². The Kier molecular flexibility index (Phi) is 6.01. The fourth-order valence-corrected chi connectivity index (χ4v) is 2.65. The summed E-state index contributed by atoms with van der Waals surface area (Å²) in [5.74, 6) is 1.71. The van der Waals surface area contributed by atoms with Crippen molar-refractivity contribution in [2.24, 2.45) is 0 Å². The molecule has 0 radical (unpaired) electrons. The van der Waals surface area contributed by atoms with Gasteiger partial charge in [-0.25, -0.2) is 0 Å². The molecule has 1 heterocycles. The first-order valence-electron chi connectivity index (χ1n) is 6.99. The molecular weight excluding hydrogens is 274 g/mol. The van der Waals surface area contributed by atoms with Crippen molar-refractivity contribution < 1.29 is 14.2 Å². The third-order valence-electron chi connectivity index (χ3n) is 2.99. The van der Waals surface area contributed by atoms with E-state index in [2.05, 4.69) is 23.7 Å². The molecule has 0 unspecified atom stereocenters. The van der Waals surface area contributed by atoms with E-state index in [1.807, 2.05) is 13.8 Å². The van der Waals surface area contributed by atoms with Crippen LogP contribution < -0.4 is 14.8 Å². The lowest BCUT2D eigenvalue weighted by Crippen LogP contribution is -2.21. The zero-order valence-corrected chi connectivity index (χ0v) is 13.2. The van der Waals surface area contributed by atoms with Crippen molar-refractivity contribution in [3.05, 3.63) is 17.7 Å². The molecule has 112 valence electrons. The highest BCUT2D eigenvalue weighted by Gasteiger charge is 2.15. The number of hydrogen-bond acceptors (Lipinski definition) is 5. The van der Waals surface area contributed by atoms with Crippen LogP contribution in [0.4, 0.5) is 0 Å². The van der Waals surface area contributed by atoms with Gasteiger partial charge in [0.05, 0.1) is 12.7 Å². The lowest BCUT2D eigenvalue weighted by molar-refractivity contribution is 0.0807. The molecule has 5 heteroatoms. The molecular formula is C15H23NO3S. The van der Waals surface area contributed by atoms with Crippen LogP contribution >= 0.6 is 11.8 Å². The fourth-order valence-electron chi connectivity index (χ4n) is 2.03. The summed E-state index contributed by atoms with van der Waals surface area (Å²) in [6.45, 7) is 7.75. The SMILES string of the molecule is CSc1cc2c(cc1CNCCOC(C)C)OCCO2. The van der Waals surface area contributed by atoms with Crippen molar-refractivity contribution in [1.29, 1.82) is 0 Å². The number of nitrogens with one attached hydrogen (secondary N) is 1. The lowest BCUT2D eigenvalue weighted by atomic mass is 10.2. The van der Waals surface area contributed by atoms with Crippen molar-refractivity contribution in [2.45, 2.75) is 31.4 Å². The second-order valence-corrected chi connectivity index (χ2v) is 5.75. The van der Waals surface area contributed by atoms with E-state index in [0.29, 0.717) is 13.2 Å². The van der Waals surface area contributed by atoms with Gasteiger partial charge in [0.1, 0.15) is 13.2 Å². The number of rotatable bonds is 7. The molecule has 4 nitrogen and oxygen atoms in total. The van der Waals surface area contributed by atoms with Crippen molar-refractivity contribution in [2.75, 3.05) is 32.6 Å². The molecule has 1 aromatic carbocycles. The average Bonchev–Trinajstić information content (AvgIpc) is 2.45. The van der Waals surface area contributed by atoms with Crippen LogP contribution in [0.2, 0.25) is 0 Å². The number of thioether (sulfide) groups is 1. The van der Waals surface area contributed by atoms with E-state index < -0.39 is 0 Å². The molecule has 0 aliphatic carbocycles. The van der Waals surface area contributed by atoms with Gasteiger partial charge < -0.3 is 19.5 Å². The summed E-state index contributed by atoms with van der Waals surface area (Å²) in [6, 6.07) is 4.15. The molecule has 20 heavy (non-hydrogen) atoms. The maximum atomic E-state index is 5.64. The molecule has 0 saturated heterocycles. The van der Waals surface area contributed by atoms with Gasteiger partial charge in [0.2, 0.25) is 0 Å². The molecule has 0 aromatic heterocycles. The zero-order chi connectivity index (χ0) is 14.4. The number of fused-ring (bicyclic) bond motifs is 1. The molecule has 0 bridgehead atoms. The minimum Gasteiger partial charge on any atom is -0.486 e. The van der Waals surface area contributed by atoms with Crippen LogP contribution in [-0.4, -0.2) is 38.7 Å². The predicted octanol–water partition coefficient (Wildman–Crippen LogP) is 2.69. The van der Waals surface area contributed by atoms with Crippen LogP contribution in [0, 0.1) is 0 Å². The first kappa shape index (κ1) is 15.5. The van der Waals surface area contributed by atoms with Gasteiger partial charge in [0.25, 0.3) is 0 Å². The Morgan fingerprint density at radius 1 is 1.25 bits per heavy atom. The lowest BCUT2D eigenvalue weighted by Gasteiger charge is -2.21. The first-order valence-corrected chi connectivity index (χ1v) is 8.22. The number of hydrogen-bond donors (Lipinski definition) is 1. The van der Waals surface area contributed by atoms with Crippen LogP contribution in [0.15, 0.2) is 17.0 Å². The Hall–Kier alpha value is -0.910. The number of benzene rings is 1. The molecule has 0 spiro atoms. The maximum absolute atomic E-state index is 5.64. The molecule has 0 amide bonds. The van der Waals surface area contributed by atoms with E-state index in [9.17, 15) is 0 Å². The van der Waals surface area contributed by atoms with E-state index >= 15 is 0 Å². The number of ether oxygens (including phenoxy) is 3. The summed E-state index contributed by atoms with van der Waals surface area (Å²) in [5.41, 5.74) is 1.24. The van der Waals surface area contributed by atoms with E-state index in [0.717, 1.165) is 31.2 Å². The molecule has 0 saturated carbocycles.